The molecule has 1 saturated heterocycles. The van der Waals surface area contributed by atoms with E-state index in [1.165, 1.54) is 43.4 Å². The average Bonchev–Trinajstić information content (AvgIpc) is 2.87. The molecule has 1 aromatic heterocycles. The minimum absolute atomic E-state index is 0.284. The topological polar surface area (TPSA) is 36.4 Å². The molecule has 1 aromatic rings. The summed E-state index contributed by atoms with van der Waals surface area (Å²) < 4.78 is 0. The van der Waals surface area contributed by atoms with E-state index in [-0.39, 0.29) is 6.61 Å². The van der Waals surface area contributed by atoms with Crippen molar-refractivity contribution in [3.05, 3.63) is 23.4 Å². The van der Waals surface area contributed by atoms with E-state index in [0.717, 1.165) is 25.2 Å². The minimum atomic E-state index is 0.284. The van der Waals surface area contributed by atoms with Crippen molar-refractivity contribution in [3.8, 4) is 0 Å². The Hall–Kier alpha value is -1.09. The van der Waals surface area contributed by atoms with E-state index >= 15 is 0 Å². The molecule has 98 valence electrons. The molecule has 0 saturated carbocycles. The molecule has 0 radical (unpaired) electrons. The zero-order valence-corrected chi connectivity index (χ0v) is 10.9. The third-order valence-corrected chi connectivity index (χ3v) is 4.30. The SMILES string of the molecule is OCCC1CCCCN1c1ccc2c(n1)CCC2. The Balaban J connectivity index is 1.83. The van der Waals surface area contributed by atoms with Crippen LogP contribution in [0.5, 0.6) is 0 Å². The standard InChI is InChI=1S/C15H22N2O/c18-11-9-13-5-1-2-10-17(13)15-8-7-12-4-3-6-14(12)16-15/h7-8,13,18H,1-6,9-11H2. The molecule has 0 bridgehead atoms. The summed E-state index contributed by atoms with van der Waals surface area (Å²) in [5.74, 6) is 1.13. The summed E-state index contributed by atoms with van der Waals surface area (Å²) in [5, 5.41) is 9.19. The second-order valence-electron chi connectivity index (χ2n) is 5.48. The Labute approximate surface area is 109 Å². The maximum Gasteiger partial charge on any atom is 0.129 e. The Morgan fingerprint density at radius 1 is 1.22 bits per heavy atom. The highest BCUT2D eigenvalue weighted by Crippen LogP contribution is 2.28. The lowest BCUT2D eigenvalue weighted by Crippen LogP contribution is -2.40. The van der Waals surface area contributed by atoms with E-state index < -0.39 is 0 Å². The lowest BCUT2D eigenvalue weighted by Gasteiger charge is -2.36. The van der Waals surface area contributed by atoms with Gasteiger partial charge in [0.2, 0.25) is 0 Å². The summed E-state index contributed by atoms with van der Waals surface area (Å²) in [5.41, 5.74) is 2.75. The minimum Gasteiger partial charge on any atom is -0.396 e. The van der Waals surface area contributed by atoms with Crippen molar-refractivity contribution >= 4 is 5.82 Å². The third kappa shape index (κ3) is 2.24. The number of hydrogen-bond acceptors (Lipinski definition) is 3. The monoisotopic (exact) mass is 246 g/mol. The summed E-state index contributed by atoms with van der Waals surface area (Å²) >= 11 is 0. The van der Waals surface area contributed by atoms with Crippen molar-refractivity contribution < 1.29 is 5.11 Å². The first kappa shape index (κ1) is 12.0. The van der Waals surface area contributed by atoms with E-state index in [4.69, 9.17) is 4.98 Å². The summed E-state index contributed by atoms with van der Waals surface area (Å²) in [6.45, 7) is 1.38. The van der Waals surface area contributed by atoms with Crippen LogP contribution in [0.3, 0.4) is 0 Å². The predicted octanol–water partition coefficient (Wildman–Crippen LogP) is 2.31. The molecule has 2 heterocycles. The molecule has 0 spiro atoms. The largest absolute Gasteiger partial charge is 0.396 e. The number of aromatic nitrogens is 1. The van der Waals surface area contributed by atoms with E-state index in [9.17, 15) is 5.11 Å². The molecule has 0 aromatic carbocycles. The zero-order chi connectivity index (χ0) is 12.4. The quantitative estimate of drug-likeness (QED) is 0.889. The van der Waals surface area contributed by atoms with Crippen molar-refractivity contribution in [3.63, 3.8) is 0 Å². The molecule has 1 N–H and O–H groups in total. The molecule has 2 aliphatic rings. The Bertz CT molecular complexity index is 417. The predicted molar refractivity (Wildman–Crippen MR) is 72.9 cm³/mol. The van der Waals surface area contributed by atoms with Crippen LogP contribution in [-0.4, -0.2) is 29.3 Å². The summed E-state index contributed by atoms with van der Waals surface area (Å²) in [6.07, 6.45) is 8.20. The molecule has 1 fully saturated rings. The summed E-state index contributed by atoms with van der Waals surface area (Å²) in [6, 6.07) is 4.92. The maximum atomic E-state index is 9.19. The fourth-order valence-corrected chi connectivity index (χ4v) is 3.32. The van der Waals surface area contributed by atoms with Crippen LogP contribution in [0.2, 0.25) is 0 Å². The number of hydrogen-bond donors (Lipinski definition) is 1. The number of nitrogens with zero attached hydrogens (tertiary/aromatic N) is 2. The maximum absolute atomic E-state index is 9.19. The molecular formula is C15H22N2O. The van der Waals surface area contributed by atoms with Gasteiger partial charge in [-0.3, -0.25) is 0 Å². The van der Waals surface area contributed by atoms with E-state index in [1.54, 1.807) is 0 Å². The molecule has 1 aliphatic heterocycles. The van der Waals surface area contributed by atoms with Crippen LogP contribution >= 0.6 is 0 Å². The molecule has 1 unspecified atom stereocenters. The molecular weight excluding hydrogens is 224 g/mol. The van der Waals surface area contributed by atoms with Crippen LogP contribution in [0.15, 0.2) is 12.1 Å². The smallest absolute Gasteiger partial charge is 0.129 e. The number of aliphatic hydroxyl groups is 1. The fourth-order valence-electron chi connectivity index (χ4n) is 3.32. The number of anilines is 1. The highest BCUT2D eigenvalue weighted by Gasteiger charge is 2.24. The second kappa shape index (κ2) is 5.27. The Morgan fingerprint density at radius 2 is 2.17 bits per heavy atom. The van der Waals surface area contributed by atoms with Crippen molar-refractivity contribution in [2.75, 3.05) is 18.1 Å². The number of aryl methyl sites for hydroxylation is 2. The van der Waals surface area contributed by atoms with Crippen molar-refractivity contribution in [2.24, 2.45) is 0 Å². The highest BCUT2D eigenvalue weighted by atomic mass is 16.3. The molecule has 0 amide bonds. The molecule has 18 heavy (non-hydrogen) atoms. The van der Waals surface area contributed by atoms with Crippen molar-refractivity contribution in [1.82, 2.24) is 4.98 Å². The van der Waals surface area contributed by atoms with Gasteiger partial charge in [0.15, 0.2) is 0 Å². The number of aliphatic hydroxyl groups excluding tert-OH is 1. The molecule has 3 rings (SSSR count). The van der Waals surface area contributed by atoms with Crippen LogP contribution < -0.4 is 4.90 Å². The van der Waals surface area contributed by atoms with Gasteiger partial charge in [-0.1, -0.05) is 6.07 Å². The average molecular weight is 246 g/mol. The summed E-state index contributed by atoms with van der Waals surface area (Å²) in [7, 11) is 0. The van der Waals surface area contributed by atoms with Gasteiger partial charge in [-0.05, 0) is 56.6 Å². The van der Waals surface area contributed by atoms with E-state index in [1.807, 2.05) is 0 Å². The summed E-state index contributed by atoms with van der Waals surface area (Å²) in [4.78, 5) is 7.27. The van der Waals surface area contributed by atoms with Crippen LogP contribution in [0, 0.1) is 0 Å². The van der Waals surface area contributed by atoms with Gasteiger partial charge in [-0.15, -0.1) is 0 Å². The number of pyridine rings is 1. The third-order valence-electron chi connectivity index (χ3n) is 4.30. The Morgan fingerprint density at radius 3 is 3.06 bits per heavy atom. The van der Waals surface area contributed by atoms with Crippen molar-refractivity contribution in [1.29, 1.82) is 0 Å². The van der Waals surface area contributed by atoms with Crippen LogP contribution in [0.1, 0.15) is 43.4 Å². The lowest BCUT2D eigenvalue weighted by molar-refractivity contribution is 0.262. The van der Waals surface area contributed by atoms with Gasteiger partial charge < -0.3 is 10.0 Å². The van der Waals surface area contributed by atoms with Crippen LogP contribution in [0.25, 0.3) is 0 Å². The lowest BCUT2D eigenvalue weighted by atomic mass is 9.99. The van der Waals surface area contributed by atoms with Crippen LogP contribution in [-0.2, 0) is 12.8 Å². The van der Waals surface area contributed by atoms with Gasteiger partial charge in [0, 0.05) is 24.9 Å². The zero-order valence-electron chi connectivity index (χ0n) is 10.9. The van der Waals surface area contributed by atoms with Crippen LogP contribution in [0.4, 0.5) is 5.82 Å². The number of fused-ring (bicyclic) bond motifs is 1. The Kier molecular flexibility index (Phi) is 3.50. The van der Waals surface area contributed by atoms with E-state index in [0.29, 0.717) is 6.04 Å². The normalized spacial score (nSPS) is 23.2. The van der Waals surface area contributed by atoms with Gasteiger partial charge in [0.25, 0.3) is 0 Å². The van der Waals surface area contributed by atoms with Gasteiger partial charge >= 0.3 is 0 Å². The van der Waals surface area contributed by atoms with Gasteiger partial charge in [-0.2, -0.15) is 0 Å². The van der Waals surface area contributed by atoms with E-state index in [2.05, 4.69) is 17.0 Å². The first-order valence-electron chi connectivity index (χ1n) is 7.25. The molecule has 3 heteroatoms. The molecule has 1 aliphatic carbocycles. The first-order chi connectivity index (χ1) is 8.88. The first-order valence-corrected chi connectivity index (χ1v) is 7.25. The van der Waals surface area contributed by atoms with Gasteiger partial charge in [-0.25, -0.2) is 4.98 Å². The fraction of sp³-hybridized carbons (Fsp3) is 0.667. The highest BCUT2D eigenvalue weighted by molar-refractivity contribution is 5.44. The van der Waals surface area contributed by atoms with Gasteiger partial charge in [0.1, 0.15) is 5.82 Å². The molecule has 3 nitrogen and oxygen atoms in total. The number of piperidine rings is 1. The van der Waals surface area contributed by atoms with Crippen molar-refractivity contribution in [2.45, 2.75) is 51.0 Å². The number of rotatable bonds is 3. The second-order valence-corrected chi connectivity index (χ2v) is 5.48. The van der Waals surface area contributed by atoms with Gasteiger partial charge in [0.05, 0.1) is 0 Å². The molecule has 1 atom stereocenters.